The van der Waals surface area contributed by atoms with Crippen LogP contribution >= 0.6 is 17.0 Å². The van der Waals surface area contributed by atoms with Gasteiger partial charge < -0.3 is 26.2 Å². The molecule has 0 aromatic heterocycles. The van der Waals surface area contributed by atoms with Crippen LogP contribution in [0.5, 0.6) is 0 Å². The maximum absolute atomic E-state index is 5.40. The lowest BCUT2D eigenvalue weighted by molar-refractivity contribution is -0.926. The van der Waals surface area contributed by atoms with Gasteiger partial charge >= 0.3 is 0 Å². The minimum absolute atomic E-state index is 0. The molecule has 114 valence electrons. The Hall–Kier alpha value is 0.580. The largest absolute Gasteiger partial charge is 1.00 e. The Balaban J connectivity index is 0.00000162. The van der Waals surface area contributed by atoms with Crippen LogP contribution in [0.3, 0.4) is 0 Å². The number of halogens is 2. The van der Waals surface area contributed by atoms with E-state index in [2.05, 4.69) is 17.6 Å². The maximum atomic E-state index is 5.40. The maximum Gasteiger partial charge on any atom is 0.0971 e. The van der Waals surface area contributed by atoms with Crippen molar-refractivity contribution in [3.05, 3.63) is 12.7 Å². The molecule has 3 nitrogen and oxygen atoms in total. The molecule has 0 aliphatic carbocycles. The lowest BCUT2D eigenvalue weighted by Crippen LogP contribution is -3.00. The van der Waals surface area contributed by atoms with Gasteiger partial charge in [-0.15, -0.1) is 17.0 Å². The van der Waals surface area contributed by atoms with Crippen LogP contribution in [0.1, 0.15) is 19.3 Å². The summed E-state index contributed by atoms with van der Waals surface area (Å²) < 4.78 is 6.68. The fourth-order valence-corrected chi connectivity index (χ4v) is 3.13. The molecular weight excluding hydrogens is 372 g/mol. The Morgan fingerprint density at radius 1 is 1.11 bits per heavy atom. The van der Waals surface area contributed by atoms with Crippen LogP contribution in [0.25, 0.3) is 0 Å². The first-order valence-electron chi connectivity index (χ1n) is 7.11. The van der Waals surface area contributed by atoms with Gasteiger partial charge in [-0.1, -0.05) is 6.58 Å². The van der Waals surface area contributed by atoms with E-state index in [1.54, 1.807) is 0 Å². The van der Waals surface area contributed by atoms with Crippen molar-refractivity contribution in [2.75, 3.05) is 59.0 Å². The fraction of sp³-hybridized carbons (Fsp3) is 0.857. The van der Waals surface area contributed by atoms with Crippen molar-refractivity contribution < 1.29 is 26.2 Å². The van der Waals surface area contributed by atoms with E-state index in [1.165, 1.54) is 49.9 Å². The molecule has 2 rings (SSSR count). The number of ether oxygens (including phenoxy) is 1. The number of piperidine rings is 1. The molecule has 0 spiro atoms. The third-order valence-corrected chi connectivity index (χ3v) is 4.28. The highest BCUT2D eigenvalue weighted by molar-refractivity contribution is 8.93. The Kier molecular flexibility index (Phi) is 10.6. The zero-order valence-corrected chi connectivity index (χ0v) is 15.2. The van der Waals surface area contributed by atoms with E-state index in [0.717, 1.165) is 32.8 Å². The highest BCUT2D eigenvalue weighted by Gasteiger charge is 2.29. The van der Waals surface area contributed by atoms with Crippen LogP contribution in [0, 0.1) is 0 Å². The lowest BCUT2D eigenvalue weighted by atomic mass is 10.1. The summed E-state index contributed by atoms with van der Waals surface area (Å²) in [5.41, 5.74) is 0. The van der Waals surface area contributed by atoms with Crippen LogP contribution in [0.2, 0.25) is 0 Å². The smallest absolute Gasteiger partial charge is 0.0971 e. The molecule has 0 bridgehead atoms. The summed E-state index contributed by atoms with van der Waals surface area (Å²) in [5.74, 6) is 0. The van der Waals surface area contributed by atoms with Gasteiger partial charge in [-0.05, 0) is 25.3 Å². The van der Waals surface area contributed by atoms with Crippen LogP contribution in [0.4, 0.5) is 0 Å². The van der Waals surface area contributed by atoms with E-state index in [1.807, 2.05) is 0 Å². The molecule has 0 unspecified atom stereocenters. The number of hydrogen-bond acceptors (Lipinski definition) is 2. The van der Waals surface area contributed by atoms with Crippen molar-refractivity contribution in [3.63, 3.8) is 0 Å². The summed E-state index contributed by atoms with van der Waals surface area (Å²) in [6.45, 7) is 14.4. The molecule has 5 heteroatoms. The van der Waals surface area contributed by atoms with Crippen LogP contribution in [0.15, 0.2) is 12.7 Å². The first kappa shape index (κ1) is 19.6. The first-order chi connectivity index (χ1) is 8.35. The Labute approximate surface area is 139 Å². The van der Waals surface area contributed by atoms with Gasteiger partial charge in [-0.25, -0.2) is 0 Å². The molecule has 2 fully saturated rings. The molecule has 2 aliphatic rings. The van der Waals surface area contributed by atoms with E-state index >= 15 is 0 Å². The minimum atomic E-state index is 0. The number of rotatable bonds is 5. The van der Waals surface area contributed by atoms with E-state index in [9.17, 15) is 0 Å². The number of nitrogens with zero attached hydrogens (tertiary/aromatic N) is 2. The normalized spacial score (nSPS) is 22.9. The summed E-state index contributed by atoms with van der Waals surface area (Å²) in [6.07, 6.45) is 6.34. The molecule has 0 saturated carbocycles. The van der Waals surface area contributed by atoms with Gasteiger partial charge in [0.2, 0.25) is 0 Å². The lowest BCUT2D eigenvalue weighted by Gasteiger charge is -2.42. The van der Waals surface area contributed by atoms with Gasteiger partial charge in [0.25, 0.3) is 0 Å². The Morgan fingerprint density at radius 3 is 2.32 bits per heavy atom. The topological polar surface area (TPSA) is 12.5 Å². The summed E-state index contributed by atoms with van der Waals surface area (Å²) >= 11 is 0. The number of quaternary nitrogens is 1. The summed E-state index contributed by atoms with van der Waals surface area (Å²) in [4.78, 5) is 2.56. The second-order valence-electron chi connectivity index (χ2n) is 5.50. The van der Waals surface area contributed by atoms with Crippen molar-refractivity contribution in [1.82, 2.24) is 4.90 Å². The predicted molar refractivity (Wildman–Crippen MR) is 81.4 cm³/mol. The number of hydrogen-bond donors (Lipinski definition) is 0. The van der Waals surface area contributed by atoms with Crippen molar-refractivity contribution in [2.24, 2.45) is 0 Å². The van der Waals surface area contributed by atoms with Gasteiger partial charge in [-0.3, -0.25) is 4.90 Å². The molecule has 0 N–H and O–H groups in total. The fourth-order valence-electron chi connectivity index (χ4n) is 3.13. The minimum Gasteiger partial charge on any atom is -1.00 e. The third-order valence-electron chi connectivity index (χ3n) is 4.28. The summed E-state index contributed by atoms with van der Waals surface area (Å²) in [6, 6.07) is 0. The zero-order valence-electron chi connectivity index (χ0n) is 11.9. The number of morpholine rings is 1. The molecule has 0 aromatic carbocycles. The molecule has 2 aliphatic heterocycles. The van der Waals surface area contributed by atoms with E-state index in [-0.39, 0.29) is 34.0 Å². The van der Waals surface area contributed by atoms with Crippen molar-refractivity contribution in [3.8, 4) is 0 Å². The first-order valence-corrected chi connectivity index (χ1v) is 7.11. The zero-order chi connectivity index (χ0) is 12.0. The highest BCUT2D eigenvalue weighted by atomic mass is 79.9. The van der Waals surface area contributed by atoms with Gasteiger partial charge in [-0.2, -0.15) is 0 Å². The number of likely N-dealkylation sites (tertiary alicyclic amines) is 1. The van der Waals surface area contributed by atoms with Gasteiger partial charge in [0, 0.05) is 19.6 Å². The van der Waals surface area contributed by atoms with Crippen molar-refractivity contribution in [2.45, 2.75) is 19.3 Å². The predicted octanol–water partition coefficient (Wildman–Crippen LogP) is -0.913. The van der Waals surface area contributed by atoms with E-state index in [0.29, 0.717) is 0 Å². The molecule has 2 saturated heterocycles. The molecule has 2 heterocycles. The molecule has 0 amide bonds. The monoisotopic (exact) mass is 398 g/mol. The second kappa shape index (κ2) is 10.3. The third kappa shape index (κ3) is 6.25. The summed E-state index contributed by atoms with van der Waals surface area (Å²) in [7, 11) is 0. The van der Waals surface area contributed by atoms with Crippen LogP contribution < -0.4 is 17.0 Å². The second-order valence-corrected chi connectivity index (χ2v) is 5.50. The SMILES string of the molecule is Br.C=CC[N+]1(CCN2CCOCC2)CCCCC1.[Br-]. The average molecular weight is 400 g/mol. The van der Waals surface area contributed by atoms with Gasteiger partial charge in [0.05, 0.1) is 39.4 Å². The van der Waals surface area contributed by atoms with Gasteiger partial charge in [0.15, 0.2) is 0 Å². The molecule has 0 aromatic rings. The van der Waals surface area contributed by atoms with Crippen LogP contribution in [-0.2, 0) is 4.74 Å². The molecule has 0 radical (unpaired) electrons. The highest BCUT2D eigenvalue weighted by Crippen LogP contribution is 2.19. The van der Waals surface area contributed by atoms with Crippen molar-refractivity contribution >= 4 is 17.0 Å². The Morgan fingerprint density at radius 2 is 1.74 bits per heavy atom. The average Bonchev–Trinajstić information content (AvgIpc) is 2.39. The van der Waals surface area contributed by atoms with E-state index in [4.69, 9.17) is 4.74 Å². The van der Waals surface area contributed by atoms with E-state index < -0.39 is 0 Å². The molecule has 0 atom stereocenters. The molecule has 19 heavy (non-hydrogen) atoms. The Bertz CT molecular complexity index is 240. The van der Waals surface area contributed by atoms with Crippen molar-refractivity contribution in [1.29, 1.82) is 0 Å². The quantitative estimate of drug-likeness (QED) is 0.438. The summed E-state index contributed by atoms with van der Waals surface area (Å²) in [5, 5.41) is 0. The molecular formula is C14H28Br2N2O. The van der Waals surface area contributed by atoms with Crippen LogP contribution in [-0.4, -0.2) is 68.4 Å². The van der Waals surface area contributed by atoms with Gasteiger partial charge in [0.1, 0.15) is 0 Å². The standard InChI is InChI=1S/C14H27N2O.2BrH/c1-2-9-16(10-4-3-5-11-16)12-6-15-7-13-17-14-8-15;;/h2H,1,3-14H2;2*1H/q+1;;/p-1.